The van der Waals surface area contributed by atoms with E-state index in [0.717, 1.165) is 21.4 Å². The molecule has 1 heterocycles. The van der Waals surface area contributed by atoms with Gasteiger partial charge in [0.15, 0.2) is 5.69 Å². The number of aryl methyl sites for hydroxylation is 2. The molecule has 0 aliphatic rings. The molecule has 0 aliphatic heterocycles. The van der Waals surface area contributed by atoms with Crippen LogP contribution >= 0.6 is 15.9 Å². The summed E-state index contributed by atoms with van der Waals surface area (Å²) in [4.78, 5) is 11.9. The fourth-order valence-corrected chi connectivity index (χ4v) is 2.03. The lowest BCUT2D eigenvalue weighted by Crippen LogP contribution is -2.12. The molecule has 0 saturated heterocycles. The number of nitrogens with zero attached hydrogens (tertiary/aromatic N) is 1. The minimum absolute atomic E-state index is 0.223. The van der Waals surface area contributed by atoms with Gasteiger partial charge in [-0.25, -0.2) is 0 Å². The molecule has 0 spiro atoms. The van der Waals surface area contributed by atoms with Gasteiger partial charge in [-0.05, 0) is 53.5 Å². The molecule has 5 heteroatoms. The third kappa shape index (κ3) is 2.74. The maximum atomic E-state index is 11.9. The zero-order chi connectivity index (χ0) is 12.4. The van der Waals surface area contributed by atoms with Gasteiger partial charge in [-0.2, -0.15) is 5.10 Å². The largest absolute Gasteiger partial charge is 0.320 e. The van der Waals surface area contributed by atoms with Gasteiger partial charge in [0.2, 0.25) is 0 Å². The van der Waals surface area contributed by atoms with E-state index in [9.17, 15) is 4.79 Å². The van der Waals surface area contributed by atoms with E-state index >= 15 is 0 Å². The van der Waals surface area contributed by atoms with E-state index in [4.69, 9.17) is 0 Å². The number of carbonyl (C=O) groups excluding carboxylic acids is 1. The Labute approximate surface area is 108 Å². The van der Waals surface area contributed by atoms with E-state index in [1.807, 2.05) is 32.0 Å². The number of aromatic amines is 1. The van der Waals surface area contributed by atoms with Gasteiger partial charge in [-0.3, -0.25) is 9.89 Å². The van der Waals surface area contributed by atoms with Gasteiger partial charge in [-0.1, -0.05) is 6.07 Å². The Morgan fingerprint density at radius 2 is 2.12 bits per heavy atom. The van der Waals surface area contributed by atoms with E-state index in [0.29, 0.717) is 5.69 Å². The lowest BCUT2D eigenvalue weighted by molar-refractivity contribution is 0.102. The number of hydrogen-bond donors (Lipinski definition) is 2. The molecule has 0 fully saturated rings. The summed E-state index contributed by atoms with van der Waals surface area (Å²) in [6.45, 7) is 3.85. The minimum atomic E-state index is -0.223. The molecule has 0 aliphatic carbocycles. The van der Waals surface area contributed by atoms with Gasteiger partial charge in [-0.15, -0.1) is 0 Å². The van der Waals surface area contributed by atoms with Crippen molar-refractivity contribution >= 4 is 27.5 Å². The lowest BCUT2D eigenvalue weighted by Gasteiger charge is -2.06. The van der Waals surface area contributed by atoms with Crippen LogP contribution in [0.3, 0.4) is 0 Å². The van der Waals surface area contributed by atoms with Crippen LogP contribution in [0.1, 0.15) is 21.7 Å². The summed E-state index contributed by atoms with van der Waals surface area (Å²) in [7, 11) is 0. The van der Waals surface area contributed by atoms with Crippen LogP contribution in [0, 0.1) is 13.8 Å². The Hall–Kier alpha value is -1.62. The number of H-pyrrole nitrogens is 1. The Bertz CT molecular complexity index is 563. The predicted octanol–water partition coefficient (Wildman–Crippen LogP) is 3.04. The maximum absolute atomic E-state index is 11.9. The second-order valence-electron chi connectivity index (χ2n) is 3.87. The summed E-state index contributed by atoms with van der Waals surface area (Å²) in [5.74, 6) is -0.223. The topological polar surface area (TPSA) is 57.8 Å². The number of anilines is 1. The Kier molecular flexibility index (Phi) is 3.28. The van der Waals surface area contributed by atoms with Crippen molar-refractivity contribution < 1.29 is 4.79 Å². The van der Waals surface area contributed by atoms with Crippen molar-refractivity contribution in [1.82, 2.24) is 10.2 Å². The number of aromatic nitrogens is 2. The van der Waals surface area contributed by atoms with Crippen molar-refractivity contribution in [2.75, 3.05) is 5.32 Å². The highest BCUT2D eigenvalue weighted by Gasteiger charge is 2.10. The monoisotopic (exact) mass is 293 g/mol. The number of nitrogens with one attached hydrogen (secondary N) is 2. The van der Waals surface area contributed by atoms with Crippen molar-refractivity contribution in [2.24, 2.45) is 0 Å². The number of amides is 1. The SMILES string of the molecule is Cc1ccc(NC(=O)c2cc(C)[nH]n2)c(Br)c1. The average Bonchev–Trinajstić information content (AvgIpc) is 2.69. The summed E-state index contributed by atoms with van der Waals surface area (Å²) < 4.78 is 0.859. The number of halogens is 1. The fraction of sp³-hybridized carbons (Fsp3) is 0.167. The molecule has 0 bridgehead atoms. The van der Waals surface area contributed by atoms with E-state index in [1.54, 1.807) is 6.07 Å². The third-order valence-electron chi connectivity index (χ3n) is 2.31. The standard InChI is InChI=1S/C12H12BrN3O/c1-7-3-4-10(9(13)5-7)14-12(17)11-6-8(2)15-16-11/h3-6H,1-2H3,(H,14,17)(H,15,16). The first-order chi connectivity index (χ1) is 8.06. The van der Waals surface area contributed by atoms with Crippen molar-refractivity contribution in [3.8, 4) is 0 Å². The zero-order valence-electron chi connectivity index (χ0n) is 9.54. The van der Waals surface area contributed by atoms with Crippen LogP contribution in [0.2, 0.25) is 0 Å². The predicted molar refractivity (Wildman–Crippen MR) is 70.2 cm³/mol. The van der Waals surface area contributed by atoms with Gasteiger partial charge >= 0.3 is 0 Å². The summed E-state index contributed by atoms with van der Waals surface area (Å²) >= 11 is 3.41. The molecule has 2 N–H and O–H groups in total. The van der Waals surface area contributed by atoms with Crippen molar-refractivity contribution in [3.63, 3.8) is 0 Å². The molecule has 0 atom stereocenters. The van der Waals surface area contributed by atoms with E-state index < -0.39 is 0 Å². The minimum Gasteiger partial charge on any atom is -0.320 e. The second kappa shape index (κ2) is 4.71. The number of rotatable bonds is 2. The van der Waals surface area contributed by atoms with Gasteiger partial charge in [0, 0.05) is 10.2 Å². The smallest absolute Gasteiger partial charge is 0.276 e. The molecule has 1 aromatic heterocycles. The third-order valence-corrected chi connectivity index (χ3v) is 2.97. The molecule has 0 radical (unpaired) electrons. The lowest BCUT2D eigenvalue weighted by atomic mass is 10.2. The summed E-state index contributed by atoms with van der Waals surface area (Å²) in [5.41, 5.74) is 3.11. The van der Waals surface area contributed by atoms with E-state index in [2.05, 4.69) is 31.4 Å². The highest BCUT2D eigenvalue weighted by molar-refractivity contribution is 9.10. The molecule has 0 saturated carbocycles. The van der Waals surface area contributed by atoms with E-state index in [1.165, 1.54) is 0 Å². The molecule has 88 valence electrons. The number of hydrogen-bond acceptors (Lipinski definition) is 2. The number of benzene rings is 1. The Morgan fingerprint density at radius 1 is 1.35 bits per heavy atom. The highest BCUT2D eigenvalue weighted by Crippen LogP contribution is 2.23. The maximum Gasteiger partial charge on any atom is 0.276 e. The normalized spacial score (nSPS) is 10.3. The van der Waals surface area contributed by atoms with Crippen LogP contribution in [-0.2, 0) is 0 Å². The van der Waals surface area contributed by atoms with Gasteiger partial charge < -0.3 is 5.32 Å². The van der Waals surface area contributed by atoms with Crippen LogP contribution in [0.25, 0.3) is 0 Å². The van der Waals surface area contributed by atoms with Crippen molar-refractivity contribution in [2.45, 2.75) is 13.8 Å². The molecule has 4 nitrogen and oxygen atoms in total. The van der Waals surface area contributed by atoms with Gasteiger partial charge in [0.25, 0.3) is 5.91 Å². The first-order valence-electron chi connectivity index (χ1n) is 5.16. The molecule has 1 amide bonds. The second-order valence-corrected chi connectivity index (χ2v) is 4.73. The molecule has 2 aromatic rings. The van der Waals surface area contributed by atoms with E-state index in [-0.39, 0.29) is 5.91 Å². The van der Waals surface area contributed by atoms with Crippen molar-refractivity contribution in [1.29, 1.82) is 0 Å². The van der Waals surface area contributed by atoms with Gasteiger partial charge in [0.05, 0.1) is 5.69 Å². The Morgan fingerprint density at radius 3 is 2.71 bits per heavy atom. The first-order valence-corrected chi connectivity index (χ1v) is 5.95. The quantitative estimate of drug-likeness (QED) is 0.894. The van der Waals surface area contributed by atoms with Crippen LogP contribution in [-0.4, -0.2) is 16.1 Å². The van der Waals surface area contributed by atoms with Crippen LogP contribution in [0.5, 0.6) is 0 Å². The fourth-order valence-electron chi connectivity index (χ4n) is 1.44. The summed E-state index contributed by atoms with van der Waals surface area (Å²) in [5, 5.41) is 9.44. The molecule has 1 aromatic carbocycles. The van der Waals surface area contributed by atoms with Crippen LogP contribution < -0.4 is 5.32 Å². The molecule has 17 heavy (non-hydrogen) atoms. The number of carbonyl (C=O) groups is 1. The molecule has 0 unspecified atom stereocenters. The molecular formula is C12H12BrN3O. The van der Waals surface area contributed by atoms with Crippen molar-refractivity contribution in [3.05, 3.63) is 45.7 Å². The van der Waals surface area contributed by atoms with Crippen LogP contribution in [0.15, 0.2) is 28.7 Å². The average molecular weight is 294 g/mol. The Balaban J connectivity index is 2.18. The van der Waals surface area contributed by atoms with Gasteiger partial charge in [0.1, 0.15) is 0 Å². The highest BCUT2D eigenvalue weighted by atomic mass is 79.9. The summed E-state index contributed by atoms with van der Waals surface area (Å²) in [6, 6.07) is 7.45. The summed E-state index contributed by atoms with van der Waals surface area (Å²) in [6.07, 6.45) is 0. The molecular weight excluding hydrogens is 282 g/mol. The molecule has 2 rings (SSSR count). The van der Waals surface area contributed by atoms with Crippen LogP contribution in [0.4, 0.5) is 5.69 Å². The zero-order valence-corrected chi connectivity index (χ0v) is 11.1. The first kappa shape index (κ1) is 11.9.